The van der Waals surface area contributed by atoms with Crippen LogP contribution in [0.5, 0.6) is 0 Å². The molecular weight excluding hydrogens is 549 g/mol. The fourth-order valence-corrected chi connectivity index (χ4v) is 5.01. The second-order valence-corrected chi connectivity index (χ2v) is 10.2. The fourth-order valence-electron chi connectivity index (χ4n) is 5.01. The maximum absolute atomic E-state index is 13.9. The fraction of sp³-hybridized carbons (Fsp3) is 0.161. The van der Waals surface area contributed by atoms with Crippen molar-refractivity contribution in [1.82, 2.24) is 40.1 Å². The van der Waals surface area contributed by atoms with Gasteiger partial charge in [0.25, 0.3) is 5.56 Å². The molecular formula is C31H28FN9O2. The predicted molar refractivity (Wildman–Crippen MR) is 161 cm³/mol. The molecule has 0 aliphatic heterocycles. The topological polar surface area (TPSA) is 135 Å². The molecule has 0 saturated carbocycles. The van der Waals surface area contributed by atoms with Crippen molar-refractivity contribution in [3.63, 3.8) is 0 Å². The molecule has 0 saturated heterocycles. The number of H-pyrrole nitrogens is 1. The number of amides is 1. The van der Waals surface area contributed by atoms with Gasteiger partial charge in [-0.1, -0.05) is 18.2 Å². The molecule has 12 heteroatoms. The average molecular weight is 578 g/mol. The Morgan fingerprint density at radius 1 is 1.07 bits per heavy atom. The summed E-state index contributed by atoms with van der Waals surface area (Å²) in [5.41, 5.74) is 5.17. The van der Waals surface area contributed by atoms with E-state index in [1.807, 2.05) is 48.0 Å². The van der Waals surface area contributed by atoms with E-state index in [2.05, 4.69) is 36.2 Å². The number of nitrogens with one attached hydrogen (secondary N) is 3. The van der Waals surface area contributed by atoms with E-state index in [1.54, 1.807) is 49.1 Å². The Morgan fingerprint density at radius 2 is 1.91 bits per heavy atom. The van der Waals surface area contributed by atoms with Crippen LogP contribution in [0.1, 0.15) is 18.1 Å². The van der Waals surface area contributed by atoms with Crippen molar-refractivity contribution in [3.05, 3.63) is 107 Å². The van der Waals surface area contributed by atoms with E-state index in [9.17, 15) is 14.0 Å². The molecule has 4 heterocycles. The highest BCUT2D eigenvalue weighted by Crippen LogP contribution is 2.27. The lowest BCUT2D eigenvalue weighted by atomic mass is 10.1. The maximum Gasteiger partial charge on any atom is 0.275 e. The minimum Gasteiger partial charge on any atom is -0.320 e. The van der Waals surface area contributed by atoms with Gasteiger partial charge in [0.2, 0.25) is 11.7 Å². The number of hydrogen-bond donors (Lipinski definition) is 3. The number of aromatic amines is 1. The van der Waals surface area contributed by atoms with Gasteiger partial charge in [0.15, 0.2) is 0 Å². The number of hydrogen-bond acceptors (Lipinski definition) is 7. The number of carbonyl (C=O) groups is 1. The van der Waals surface area contributed by atoms with E-state index < -0.39 is 6.04 Å². The molecule has 0 unspecified atom stereocenters. The third-order valence-electron chi connectivity index (χ3n) is 7.39. The molecule has 6 rings (SSSR count). The van der Waals surface area contributed by atoms with Gasteiger partial charge < -0.3 is 19.8 Å². The Kier molecular flexibility index (Phi) is 7.34. The molecule has 3 N–H and O–H groups in total. The summed E-state index contributed by atoms with van der Waals surface area (Å²) >= 11 is 0. The Labute approximate surface area is 245 Å². The number of nitrogens with zero attached hydrogens (tertiary/aromatic N) is 6. The third kappa shape index (κ3) is 5.43. The summed E-state index contributed by atoms with van der Waals surface area (Å²) in [6.07, 6.45) is 5.35. The zero-order chi connectivity index (χ0) is 30.1. The van der Waals surface area contributed by atoms with Crippen LogP contribution in [0.15, 0.2) is 84.0 Å². The smallest absolute Gasteiger partial charge is 0.275 e. The van der Waals surface area contributed by atoms with E-state index in [-0.39, 0.29) is 29.5 Å². The molecule has 4 aromatic heterocycles. The molecule has 1 amide bonds. The Bertz CT molecular complexity index is 2010. The van der Waals surface area contributed by atoms with Crippen molar-refractivity contribution in [2.75, 3.05) is 12.4 Å². The van der Waals surface area contributed by atoms with Crippen LogP contribution in [-0.2, 0) is 11.3 Å². The van der Waals surface area contributed by atoms with Crippen molar-refractivity contribution >= 4 is 22.5 Å². The quantitative estimate of drug-likeness (QED) is 0.248. The van der Waals surface area contributed by atoms with Gasteiger partial charge >= 0.3 is 0 Å². The first-order valence-corrected chi connectivity index (χ1v) is 13.6. The first-order valence-electron chi connectivity index (χ1n) is 13.6. The van der Waals surface area contributed by atoms with E-state index in [0.29, 0.717) is 11.5 Å². The molecule has 11 nitrogen and oxygen atoms in total. The number of aryl methyl sites for hydroxylation is 1. The molecule has 0 bridgehead atoms. The SMILES string of the molecule is CN[C@@H](C)C(=O)Nc1ccc(-c2cccc(-c3nn[nH]n3)c2)n(Cc2cncc(-n3cc(C)c4cc(F)ccc43)c2)c1=O. The van der Waals surface area contributed by atoms with Crippen LogP contribution in [0.4, 0.5) is 10.1 Å². The van der Waals surface area contributed by atoms with E-state index in [1.165, 1.54) is 12.1 Å². The van der Waals surface area contributed by atoms with Gasteiger partial charge in [0, 0.05) is 23.3 Å². The lowest BCUT2D eigenvalue weighted by Crippen LogP contribution is -2.37. The van der Waals surface area contributed by atoms with Crippen molar-refractivity contribution in [2.24, 2.45) is 0 Å². The molecule has 43 heavy (non-hydrogen) atoms. The Balaban J connectivity index is 1.44. The average Bonchev–Trinajstić information content (AvgIpc) is 3.67. The van der Waals surface area contributed by atoms with Crippen LogP contribution in [0.2, 0.25) is 0 Å². The molecule has 1 atom stereocenters. The number of pyridine rings is 2. The largest absolute Gasteiger partial charge is 0.320 e. The number of aromatic nitrogens is 7. The highest BCUT2D eigenvalue weighted by Gasteiger charge is 2.17. The normalized spacial score (nSPS) is 12.0. The minimum absolute atomic E-state index is 0.156. The predicted octanol–water partition coefficient (Wildman–Crippen LogP) is 4.08. The van der Waals surface area contributed by atoms with Gasteiger partial charge in [-0.15, -0.1) is 10.2 Å². The number of carbonyl (C=O) groups excluding carboxylic acids is 1. The van der Waals surface area contributed by atoms with Gasteiger partial charge in [-0.3, -0.25) is 14.6 Å². The monoisotopic (exact) mass is 577 g/mol. The second-order valence-electron chi connectivity index (χ2n) is 10.2. The number of benzene rings is 2. The molecule has 6 aromatic rings. The maximum atomic E-state index is 13.9. The summed E-state index contributed by atoms with van der Waals surface area (Å²) in [5, 5.41) is 20.7. The van der Waals surface area contributed by atoms with Crippen molar-refractivity contribution in [1.29, 1.82) is 0 Å². The third-order valence-corrected chi connectivity index (χ3v) is 7.39. The van der Waals surface area contributed by atoms with Gasteiger partial charge in [0.05, 0.1) is 35.7 Å². The molecule has 0 radical (unpaired) electrons. The lowest BCUT2D eigenvalue weighted by Gasteiger charge is -2.17. The first-order chi connectivity index (χ1) is 20.8. The summed E-state index contributed by atoms with van der Waals surface area (Å²) in [6, 6.07) is 17.0. The summed E-state index contributed by atoms with van der Waals surface area (Å²) in [4.78, 5) is 31.0. The van der Waals surface area contributed by atoms with Crippen LogP contribution in [0.25, 0.3) is 39.2 Å². The number of anilines is 1. The standard InChI is InChI=1S/C31H28FN9O2/c1-18-16-40(28-9-7-23(32)13-25(18)28)24-11-20(14-34-15-24)17-41-27(10-8-26(31(41)43)35-30(42)19(2)33-3)21-5-4-6-22(12-21)29-36-38-39-37-29/h4-16,19,33H,17H2,1-3H3,(H,35,42)(H,36,37,38,39)/t19-/m0/s1. The summed E-state index contributed by atoms with van der Waals surface area (Å²) < 4.78 is 17.5. The van der Waals surface area contributed by atoms with Gasteiger partial charge in [-0.05, 0) is 85.3 Å². The van der Waals surface area contributed by atoms with Crippen LogP contribution < -0.4 is 16.2 Å². The van der Waals surface area contributed by atoms with Crippen LogP contribution in [0.3, 0.4) is 0 Å². The van der Waals surface area contributed by atoms with Crippen molar-refractivity contribution < 1.29 is 9.18 Å². The van der Waals surface area contributed by atoms with Crippen molar-refractivity contribution in [2.45, 2.75) is 26.4 Å². The van der Waals surface area contributed by atoms with Gasteiger partial charge in [0.1, 0.15) is 11.5 Å². The highest BCUT2D eigenvalue weighted by molar-refractivity contribution is 5.94. The summed E-state index contributed by atoms with van der Waals surface area (Å²) in [6.45, 7) is 3.81. The first kappa shape index (κ1) is 27.7. The molecule has 0 spiro atoms. The van der Waals surface area contributed by atoms with E-state index >= 15 is 0 Å². The second kappa shape index (κ2) is 11.4. The minimum atomic E-state index is -0.492. The molecule has 216 valence electrons. The van der Waals surface area contributed by atoms with Gasteiger partial charge in [-0.2, -0.15) is 5.21 Å². The van der Waals surface area contributed by atoms with Gasteiger partial charge in [-0.25, -0.2) is 4.39 Å². The number of tetrazole rings is 1. The molecule has 0 aliphatic carbocycles. The zero-order valence-electron chi connectivity index (χ0n) is 23.7. The molecule has 0 fully saturated rings. The Hall–Kier alpha value is -5.49. The van der Waals surface area contributed by atoms with E-state index in [0.717, 1.165) is 38.8 Å². The number of rotatable bonds is 8. The number of likely N-dealkylation sites (N-methyl/N-ethyl adjacent to an activating group) is 1. The van der Waals surface area contributed by atoms with Crippen LogP contribution >= 0.6 is 0 Å². The Morgan fingerprint density at radius 3 is 2.70 bits per heavy atom. The molecule has 0 aliphatic rings. The van der Waals surface area contributed by atoms with E-state index in [4.69, 9.17) is 0 Å². The molecule has 2 aromatic carbocycles. The summed E-state index contributed by atoms with van der Waals surface area (Å²) in [7, 11) is 1.67. The van der Waals surface area contributed by atoms with Crippen molar-refractivity contribution in [3.8, 4) is 28.3 Å². The van der Waals surface area contributed by atoms with Crippen LogP contribution in [0, 0.1) is 12.7 Å². The summed E-state index contributed by atoms with van der Waals surface area (Å²) in [5.74, 6) is -0.203. The highest BCUT2D eigenvalue weighted by atomic mass is 19.1. The zero-order valence-corrected chi connectivity index (χ0v) is 23.7. The number of halogens is 1. The number of fused-ring (bicyclic) bond motifs is 1. The van der Waals surface area contributed by atoms with Crippen LogP contribution in [-0.4, -0.2) is 53.7 Å². The lowest BCUT2D eigenvalue weighted by molar-refractivity contribution is -0.117.